The van der Waals surface area contributed by atoms with E-state index in [0.717, 1.165) is 32.5 Å². The van der Waals surface area contributed by atoms with Gasteiger partial charge in [-0.3, -0.25) is 0 Å². The molecule has 2 fully saturated rings. The summed E-state index contributed by atoms with van der Waals surface area (Å²) in [6.07, 6.45) is 7.37. The summed E-state index contributed by atoms with van der Waals surface area (Å²) in [4.78, 5) is 14.1. The monoisotopic (exact) mass is 296 g/mol. The number of likely N-dealkylation sites (tertiary alicyclic amines) is 1. The van der Waals surface area contributed by atoms with E-state index in [4.69, 9.17) is 4.74 Å². The van der Waals surface area contributed by atoms with Crippen LogP contribution in [0.25, 0.3) is 0 Å². The highest BCUT2D eigenvalue weighted by Gasteiger charge is 2.41. The second-order valence-electron chi connectivity index (χ2n) is 7.85. The minimum absolute atomic E-state index is 0.151. The van der Waals surface area contributed by atoms with E-state index in [2.05, 4.69) is 12.2 Å². The first-order valence-corrected chi connectivity index (χ1v) is 8.56. The third-order valence-electron chi connectivity index (χ3n) is 4.62. The maximum atomic E-state index is 12.2. The number of carbonyl (C=O) groups is 1. The summed E-state index contributed by atoms with van der Waals surface area (Å²) >= 11 is 0. The Morgan fingerprint density at radius 3 is 2.67 bits per heavy atom. The molecule has 0 bridgehead atoms. The van der Waals surface area contributed by atoms with E-state index in [-0.39, 0.29) is 6.09 Å². The lowest BCUT2D eigenvalue weighted by atomic mass is 10.0. The van der Waals surface area contributed by atoms with Crippen molar-refractivity contribution in [3.63, 3.8) is 0 Å². The zero-order chi connectivity index (χ0) is 15.5. The van der Waals surface area contributed by atoms with E-state index in [1.165, 1.54) is 25.7 Å². The minimum Gasteiger partial charge on any atom is -0.444 e. The minimum atomic E-state index is -0.406. The molecule has 1 N–H and O–H groups in total. The molecule has 1 saturated heterocycles. The van der Waals surface area contributed by atoms with Crippen molar-refractivity contribution in [1.29, 1.82) is 0 Å². The summed E-state index contributed by atoms with van der Waals surface area (Å²) in [5.74, 6) is 0. The van der Waals surface area contributed by atoms with Crippen molar-refractivity contribution in [2.45, 2.75) is 77.9 Å². The Morgan fingerprint density at radius 2 is 2.10 bits per heavy atom. The van der Waals surface area contributed by atoms with Crippen LogP contribution in [0.5, 0.6) is 0 Å². The first-order valence-electron chi connectivity index (χ1n) is 8.56. The number of ether oxygens (including phenoxy) is 1. The molecule has 1 heterocycles. The van der Waals surface area contributed by atoms with Gasteiger partial charge in [0.25, 0.3) is 0 Å². The molecule has 1 atom stereocenters. The molecule has 2 rings (SSSR count). The van der Waals surface area contributed by atoms with Gasteiger partial charge >= 0.3 is 6.09 Å². The number of carbonyl (C=O) groups excluding carboxylic acids is 1. The van der Waals surface area contributed by atoms with Gasteiger partial charge in [0, 0.05) is 25.7 Å². The van der Waals surface area contributed by atoms with Gasteiger partial charge in [-0.15, -0.1) is 0 Å². The second-order valence-corrected chi connectivity index (χ2v) is 7.85. The summed E-state index contributed by atoms with van der Waals surface area (Å²) in [5.41, 5.74) is 0.168. The highest BCUT2D eigenvalue weighted by Crippen LogP contribution is 2.48. The van der Waals surface area contributed by atoms with Crippen molar-refractivity contribution in [2.75, 3.05) is 19.6 Å². The fraction of sp³-hybridized carbons (Fsp3) is 0.941. The molecule has 21 heavy (non-hydrogen) atoms. The summed E-state index contributed by atoms with van der Waals surface area (Å²) < 4.78 is 5.51. The van der Waals surface area contributed by atoms with Crippen molar-refractivity contribution in [2.24, 2.45) is 5.41 Å². The second kappa shape index (κ2) is 6.55. The third kappa shape index (κ3) is 4.87. The normalized spacial score (nSPS) is 24.2. The maximum absolute atomic E-state index is 12.2. The van der Waals surface area contributed by atoms with Crippen LogP contribution in [0.4, 0.5) is 4.79 Å². The number of hydrogen-bond acceptors (Lipinski definition) is 3. The highest BCUT2D eigenvalue weighted by atomic mass is 16.6. The van der Waals surface area contributed by atoms with Crippen molar-refractivity contribution < 1.29 is 9.53 Å². The van der Waals surface area contributed by atoms with Crippen molar-refractivity contribution >= 4 is 6.09 Å². The molecule has 122 valence electrons. The molecular weight excluding hydrogens is 264 g/mol. The van der Waals surface area contributed by atoms with Crippen LogP contribution in [0.15, 0.2) is 0 Å². The standard InChI is InChI=1S/C17H32N2O2/c1-5-8-17(9-10-17)13-18-12-14-7-6-11-19(14)15(20)21-16(2,3)4/h14,18H,5-13H2,1-4H3. The Labute approximate surface area is 129 Å². The number of amides is 1. The zero-order valence-corrected chi connectivity index (χ0v) is 14.2. The van der Waals surface area contributed by atoms with Crippen LogP contribution >= 0.6 is 0 Å². The lowest BCUT2D eigenvalue weighted by molar-refractivity contribution is 0.0226. The van der Waals surface area contributed by atoms with Gasteiger partial charge in [0.1, 0.15) is 5.60 Å². The highest BCUT2D eigenvalue weighted by molar-refractivity contribution is 5.69. The lowest BCUT2D eigenvalue weighted by Gasteiger charge is -2.29. The summed E-state index contributed by atoms with van der Waals surface area (Å²) in [6, 6.07) is 0.303. The Hall–Kier alpha value is -0.770. The quantitative estimate of drug-likeness (QED) is 0.815. The van der Waals surface area contributed by atoms with Crippen LogP contribution in [0, 0.1) is 5.41 Å². The molecule has 1 amide bonds. The van der Waals surface area contributed by atoms with Gasteiger partial charge in [-0.25, -0.2) is 4.79 Å². The summed E-state index contributed by atoms with van der Waals surface area (Å²) in [5, 5.41) is 3.61. The van der Waals surface area contributed by atoms with Gasteiger partial charge in [0.05, 0.1) is 0 Å². The predicted molar refractivity (Wildman–Crippen MR) is 85.4 cm³/mol. The molecule has 2 aliphatic rings. The van der Waals surface area contributed by atoms with Gasteiger partial charge in [-0.2, -0.15) is 0 Å². The average molecular weight is 296 g/mol. The molecule has 0 aromatic heterocycles. The number of hydrogen-bond donors (Lipinski definition) is 1. The Morgan fingerprint density at radius 1 is 1.38 bits per heavy atom. The van der Waals surface area contributed by atoms with Gasteiger partial charge < -0.3 is 15.0 Å². The largest absolute Gasteiger partial charge is 0.444 e. The predicted octanol–water partition coefficient (Wildman–Crippen LogP) is 3.56. The number of nitrogens with zero attached hydrogens (tertiary/aromatic N) is 1. The molecule has 1 unspecified atom stereocenters. The fourth-order valence-corrected chi connectivity index (χ4v) is 3.34. The lowest BCUT2D eigenvalue weighted by Crippen LogP contribution is -2.44. The van der Waals surface area contributed by atoms with Crippen molar-refractivity contribution in [3.8, 4) is 0 Å². The van der Waals surface area contributed by atoms with Crippen molar-refractivity contribution in [3.05, 3.63) is 0 Å². The van der Waals surface area contributed by atoms with E-state index in [0.29, 0.717) is 11.5 Å². The van der Waals surface area contributed by atoms with E-state index in [9.17, 15) is 4.79 Å². The van der Waals surface area contributed by atoms with Crippen LogP contribution in [-0.2, 0) is 4.74 Å². The van der Waals surface area contributed by atoms with Gasteiger partial charge in [0.2, 0.25) is 0 Å². The number of rotatable bonds is 6. The van der Waals surface area contributed by atoms with E-state index in [1.807, 2.05) is 25.7 Å². The van der Waals surface area contributed by atoms with Crippen LogP contribution in [-0.4, -0.2) is 42.3 Å². The fourth-order valence-electron chi connectivity index (χ4n) is 3.34. The molecule has 4 nitrogen and oxygen atoms in total. The van der Waals surface area contributed by atoms with E-state index in [1.54, 1.807) is 0 Å². The maximum Gasteiger partial charge on any atom is 0.410 e. The molecule has 1 aliphatic carbocycles. The first kappa shape index (κ1) is 16.6. The van der Waals surface area contributed by atoms with Gasteiger partial charge in [-0.05, 0) is 58.3 Å². The smallest absolute Gasteiger partial charge is 0.410 e. The molecule has 0 radical (unpaired) electrons. The van der Waals surface area contributed by atoms with Gasteiger partial charge in [0.15, 0.2) is 0 Å². The van der Waals surface area contributed by atoms with E-state index < -0.39 is 5.60 Å². The van der Waals surface area contributed by atoms with Crippen molar-refractivity contribution in [1.82, 2.24) is 10.2 Å². The topological polar surface area (TPSA) is 41.6 Å². The molecule has 4 heteroatoms. The van der Waals surface area contributed by atoms with Gasteiger partial charge in [-0.1, -0.05) is 13.3 Å². The summed E-state index contributed by atoms with van der Waals surface area (Å²) in [7, 11) is 0. The van der Waals surface area contributed by atoms with Crippen LogP contribution in [0.2, 0.25) is 0 Å². The zero-order valence-electron chi connectivity index (χ0n) is 14.2. The number of nitrogens with one attached hydrogen (secondary N) is 1. The molecule has 1 saturated carbocycles. The molecule has 0 spiro atoms. The average Bonchev–Trinajstić information content (AvgIpc) is 2.96. The third-order valence-corrected chi connectivity index (χ3v) is 4.62. The summed E-state index contributed by atoms with van der Waals surface area (Å²) in [6.45, 7) is 10.9. The Balaban J connectivity index is 1.76. The van der Waals surface area contributed by atoms with Crippen LogP contribution in [0.1, 0.15) is 66.2 Å². The first-order chi connectivity index (χ1) is 9.85. The Kier molecular flexibility index (Phi) is 5.18. The SMILES string of the molecule is CCCC1(CNCC2CCCN2C(=O)OC(C)(C)C)CC1. The van der Waals surface area contributed by atoms with E-state index >= 15 is 0 Å². The molecular formula is C17H32N2O2. The molecule has 0 aromatic carbocycles. The molecule has 1 aliphatic heterocycles. The van der Waals surface area contributed by atoms with Crippen LogP contribution < -0.4 is 5.32 Å². The van der Waals surface area contributed by atoms with Crippen LogP contribution in [0.3, 0.4) is 0 Å². The Bertz CT molecular complexity index is 358. The molecule has 0 aromatic rings.